The van der Waals surface area contributed by atoms with Gasteiger partial charge in [0.15, 0.2) is 0 Å². The van der Waals surface area contributed by atoms with Gasteiger partial charge < -0.3 is 20.9 Å². The molecule has 1 aromatic carbocycles. The summed E-state index contributed by atoms with van der Waals surface area (Å²) in [6, 6.07) is 9.50. The normalized spacial score (nSPS) is 18.0. The molecule has 1 aromatic rings. The van der Waals surface area contributed by atoms with Crippen LogP contribution in [0.2, 0.25) is 0 Å². The molecule has 1 amide bonds. The van der Waals surface area contributed by atoms with Crippen LogP contribution in [0, 0.1) is 17.8 Å². The molecule has 4 N–H and O–H groups in total. The van der Waals surface area contributed by atoms with E-state index in [4.69, 9.17) is 10.5 Å². The molecule has 1 aliphatic carbocycles. The maximum Gasteiger partial charge on any atom is 0.307 e. The number of hydrogen-bond acceptors (Lipinski definition) is 5. The molecule has 1 aliphatic rings. The van der Waals surface area contributed by atoms with Crippen LogP contribution in [-0.4, -0.2) is 35.2 Å². The molecule has 3 unspecified atom stereocenters. The number of aliphatic hydroxyl groups is 1. The van der Waals surface area contributed by atoms with Gasteiger partial charge in [0.1, 0.15) is 6.61 Å². The van der Waals surface area contributed by atoms with Crippen molar-refractivity contribution in [3.8, 4) is 0 Å². The summed E-state index contributed by atoms with van der Waals surface area (Å²) in [5, 5.41) is 13.8. The fourth-order valence-corrected chi connectivity index (χ4v) is 4.64. The Morgan fingerprint density at radius 1 is 1.15 bits per heavy atom. The molecule has 0 spiro atoms. The first-order valence-electron chi connectivity index (χ1n) is 12.1. The first kappa shape index (κ1) is 29.4. The highest BCUT2D eigenvalue weighted by atomic mass is 35.5. The van der Waals surface area contributed by atoms with Gasteiger partial charge in [0.2, 0.25) is 5.91 Å². The molecule has 0 bridgehead atoms. The highest BCUT2D eigenvalue weighted by Gasteiger charge is 2.39. The van der Waals surface area contributed by atoms with Gasteiger partial charge in [-0.1, -0.05) is 63.4 Å². The van der Waals surface area contributed by atoms with Crippen LogP contribution in [0.5, 0.6) is 0 Å². The van der Waals surface area contributed by atoms with Crippen molar-refractivity contribution < 1.29 is 19.4 Å². The molecule has 0 heterocycles. The van der Waals surface area contributed by atoms with E-state index < -0.39 is 11.6 Å². The minimum atomic E-state index is -0.740. The minimum Gasteiger partial charge on any atom is -0.461 e. The standard InChI is InChI=1S/C26H42N2O4.ClH/c1-19(2)16-21(17-23(29)26(3,27)22-12-8-5-9-13-22)25(31)28-15-14-24(30)32-18-20-10-6-4-7-11-20;/h4,6-7,10-11,19,21-23,29H,5,8-9,12-18,27H2,1-3H3,(H,28,31);1H. The van der Waals surface area contributed by atoms with Gasteiger partial charge in [0.05, 0.1) is 12.5 Å². The maximum absolute atomic E-state index is 12.9. The Morgan fingerprint density at radius 3 is 2.39 bits per heavy atom. The van der Waals surface area contributed by atoms with Gasteiger partial charge in [-0.3, -0.25) is 9.59 Å². The Hall–Kier alpha value is -1.63. The van der Waals surface area contributed by atoms with Gasteiger partial charge in [-0.05, 0) is 50.0 Å². The van der Waals surface area contributed by atoms with Crippen molar-refractivity contribution in [2.24, 2.45) is 23.5 Å². The van der Waals surface area contributed by atoms with Crippen LogP contribution in [0.3, 0.4) is 0 Å². The third kappa shape index (κ3) is 10.0. The van der Waals surface area contributed by atoms with E-state index in [0.29, 0.717) is 18.8 Å². The lowest BCUT2D eigenvalue weighted by Crippen LogP contribution is -2.55. The second-order valence-corrected chi connectivity index (χ2v) is 9.97. The number of hydrogen-bond donors (Lipinski definition) is 3. The summed E-state index contributed by atoms with van der Waals surface area (Å²) >= 11 is 0. The summed E-state index contributed by atoms with van der Waals surface area (Å²) in [5.74, 6) is -0.216. The number of rotatable bonds is 12. The molecule has 0 aliphatic heterocycles. The molecule has 6 nitrogen and oxygen atoms in total. The second-order valence-electron chi connectivity index (χ2n) is 9.97. The lowest BCUT2D eigenvalue weighted by atomic mass is 9.71. The number of esters is 1. The molecule has 0 saturated heterocycles. The van der Waals surface area contributed by atoms with Gasteiger partial charge in [0, 0.05) is 18.0 Å². The van der Waals surface area contributed by atoms with E-state index in [9.17, 15) is 14.7 Å². The summed E-state index contributed by atoms with van der Waals surface area (Å²) in [4.78, 5) is 24.9. The Labute approximate surface area is 205 Å². The van der Waals surface area contributed by atoms with E-state index in [1.54, 1.807) is 0 Å². The van der Waals surface area contributed by atoms with Crippen LogP contribution < -0.4 is 11.1 Å². The summed E-state index contributed by atoms with van der Waals surface area (Å²) < 4.78 is 5.26. The predicted octanol–water partition coefficient (Wildman–Crippen LogP) is 4.37. The minimum absolute atomic E-state index is 0. The molecule has 0 radical (unpaired) electrons. The van der Waals surface area contributed by atoms with E-state index in [1.807, 2.05) is 37.3 Å². The molecule has 2 rings (SSSR count). The first-order valence-corrected chi connectivity index (χ1v) is 12.1. The van der Waals surface area contributed by atoms with Gasteiger partial charge in [-0.25, -0.2) is 0 Å². The van der Waals surface area contributed by atoms with Gasteiger partial charge >= 0.3 is 5.97 Å². The van der Waals surface area contributed by atoms with Gasteiger partial charge in [0.25, 0.3) is 0 Å². The maximum atomic E-state index is 12.9. The molecule has 0 aromatic heterocycles. The highest BCUT2D eigenvalue weighted by molar-refractivity contribution is 5.85. The van der Waals surface area contributed by atoms with Crippen LogP contribution in [-0.2, 0) is 20.9 Å². The highest BCUT2D eigenvalue weighted by Crippen LogP contribution is 2.35. The average molecular weight is 483 g/mol. The van der Waals surface area contributed by atoms with Crippen LogP contribution in [0.4, 0.5) is 0 Å². The first-order chi connectivity index (χ1) is 15.2. The van der Waals surface area contributed by atoms with Crippen LogP contribution >= 0.6 is 12.4 Å². The van der Waals surface area contributed by atoms with Crippen molar-refractivity contribution in [1.82, 2.24) is 5.32 Å². The van der Waals surface area contributed by atoms with Crippen molar-refractivity contribution in [3.63, 3.8) is 0 Å². The molecule has 1 saturated carbocycles. The third-order valence-electron chi connectivity index (χ3n) is 6.71. The summed E-state index contributed by atoms with van der Waals surface area (Å²) in [6.45, 7) is 6.51. The molecular weight excluding hydrogens is 440 g/mol. The molecule has 7 heteroatoms. The third-order valence-corrected chi connectivity index (χ3v) is 6.71. The molecule has 33 heavy (non-hydrogen) atoms. The summed E-state index contributed by atoms with van der Waals surface area (Å²) in [5.41, 5.74) is 6.82. The number of benzene rings is 1. The molecular formula is C26H43ClN2O4. The Kier molecular flexibility index (Phi) is 13.0. The predicted molar refractivity (Wildman–Crippen MR) is 134 cm³/mol. The molecule has 3 atom stereocenters. The van der Waals surface area contributed by atoms with Gasteiger partial charge in [-0.2, -0.15) is 0 Å². The van der Waals surface area contributed by atoms with Crippen LogP contribution in [0.25, 0.3) is 0 Å². The van der Waals surface area contributed by atoms with E-state index in [1.165, 1.54) is 6.42 Å². The zero-order chi connectivity index (χ0) is 23.6. The van der Waals surface area contributed by atoms with E-state index in [2.05, 4.69) is 19.2 Å². The van der Waals surface area contributed by atoms with E-state index >= 15 is 0 Å². The average Bonchev–Trinajstić information content (AvgIpc) is 2.78. The monoisotopic (exact) mass is 482 g/mol. The number of halogens is 1. The van der Waals surface area contributed by atoms with Crippen molar-refractivity contribution in [1.29, 1.82) is 0 Å². The Morgan fingerprint density at radius 2 is 1.79 bits per heavy atom. The smallest absolute Gasteiger partial charge is 0.307 e. The molecule has 1 fully saturated rings. The summed E-state index contributed by atoms with van der Waals surface area (Å²) in [7, 11) is 0. The Balaban J connectivity index is 0.00000544. The lowest BCUT2D eigenvalue weighted by Gasteiger charge is -2.41. The lowest BCUT2D eigenvalue weighted by molar-refractivity contribution is -0.144. The van der Waals surface area contributed by atoms with E-state index in [-0.39, 0.29) is 55.7 Å². The fraction of sp³-hybridized carbons (Fsp3) is 0.692. The zero-order valence-electron chi connectivity index (χ0n) is 20.4. The quantitative estimate of drug-likeness (QED) is 0.384. The number of nitrogens with two attached hydrogens (primary N) is 1. The number of aliphatic hydroxyl groups excluding tert-OH is 1. The number of carbonyl (C=O) groups excluding carboxylic acids is 2. The number of nitrogens with one attached hydrogen (secondary N) is 1. The number of ether oxygens (including phenoxy) is 1. The van der Waals surface area contributed by atoms with Crippen molar-refractivity contribution >= 4 is 24.3 Å². The van der Waals surface area contributed by atoms with Crippen LogP contribution in [0.15, 0.2) is 30.3 Å². The second kappa shape index (κ2) is 14.6. The number of carbonyl (C=O) groups is 2. The van der Waals surface area contributed by atoms with Gasteiger partial charge in [-0.15, -0.1) is 12.4 Å². The molecule has 188 valence electrons. The van der Waals surface area contributed by atoms with Crippen molar-refractivity contribution in [2.75, 3.05) is 6.54 Å². The number of amides is 1. The summed E-state index contributed by atoms with van der Waals surface area (Å²) in [6.07, 6.45) is 6.00. The van der Waals surface area contributed by atoms with Crippen molar-refractivity contribution in [2.45, 2.75) is 90.4 Å². The fourth-order valence-electron chi connectivity index (χ4n) is 4.64. The van der Waals surface area contributed by atoms with Crippen LogP contribution in [0.1, 0.15) is 77.7 Å². The van der Waals surface area contributed by atoms with Crippen molar-refractivity contribution in [3.05, 3.63) is 35.9 Å². The SMILES string of the molecule is CC(C)CC(CC(O)C(C)(N)C1CCCCC1)C(=O)NCCC(=O)OCc1ccccc1.Cl. The zero-order valence-corrected chi connectivity index (χ0v) is 21.2. The topological polar surface area (TPSA) is 102 Å². The largest absolute Gasteiger partial charge is 0.461 e. The van der Waals surface area contributed by atoms with E-state index in [0.717, 1.165) is 31.2 Å². The Bertz CT molecular complexity index is 706.